The molecular formula is C14H20BrNO3. The summed E-state index contributed by atoms with van der Waals surface area (Å²) in [6, 6.07) is 5.63. The van der Waals surface area contributed by atoms with Crippen molar-refractivity contribution in [1.82, 2.24) is 4.90 Å². The van der Waals surface area contributed by atoms with Crippen LogP contribution in [-0.2, 0) is 9.47 Å². The molecule has 1 rings (SSSR count). The van der Waals surface area contributed by atoms with Crippen molar-refractivity contribution in [2.75, 3.05) is 40.5 Å². The third kappa shape index (κ3) is 4.93. The lowest BCUT2D eigenvalue weighted by Gasteiger charge is -2.22. The minimum Gasteiger partial charge on any atom is -0.383 e. The van der Waals surface area contributed by atoms with E-state index < -0.39 is 0 Å². The molecule has 0 radical (unpaired) electrons. The molecule has 0 N–H and O–H groups in total. The van der Waals surface area contributed by atoms with Gasteiger partial charge in [-0.1, -0.05) is 22.0 Å². The van der Waals surface area contributed by atoms with E-state index in [9.17, 15) is 4.79 Å². The van der Waals surface area contributed by atoms with Crippen LogP contribution in [0, 0.1) is 6.92 Å². The van der Waals surface area contributed by atoms with E-state index >= 15 is 0 Å². The number of halogens is 1. The summed E-state index contributed by atoms with van der Waals surface area (Å²) in [4.78, 5) is 14.2. The maximum atomic E-state index is 12.4. The highest BCUT2D eigenvalue weighted by Crippen LogP contribution is 2.18. The van der Waals surface area contributed by atoms with Crippen molar-refractivity contribution in [3.05, 3.63) is 33.8 Å². The summed E-state index contributed by atoms with van der Waals surface area (Å²) in [5.41, 5.74) is 1.78. The number of benzene rings is 1. The Morgan fingerprint density at radius 1 is 1.21 bits per heavy atom. The van der Waals surface area contributed by atoms with Gasteiger partial charge in [0.05, 0.1) is 13.2 Å². The first-order chi connectivity index (χ1) is 9.10. The Bertz CT molecular complexity index is 415. The number of amides is 1. The van der Waals surface area contributed by atoms with E-state index in [0.29, 0.717) is 31.9 Å². The Labute approximate surface area is 122 Å². The minimum absolute atomic E-state index is 0.00481. The fourth-order valence-corrected chi connectivity index (χ4v) is 2.01. The molecule has 106 valence electrons. The SMILES string of the molecule is COCCN(CCOC)C(=O)c1ccc(C)c(Br)c1. The fourth-order valence-electron chi connectivity index (χ4n) is 1.63. The first-order valence-electron chi connectivity index (χ1n) is 6.13. The fraction of sp³-hybridized carbons (Fsp3) is 0.500. The van der Waals surface area contributed by atoms with Crippen LogP contribution < -0.4 is 0 Å². The van der Waals surface area contributed by atoms with Crippen LogP contribution in [0.4, 0.5) is 0 Å². The van der Waals surface area contributed by atoms with Crippen LogP contribution in [0.2, 0.25) is 0 Å². The molecule has 1 amide bonds. The average molecular weight is 330 g/mol. The summed E-state index contributed by atoms with van der Waals surface area (Å²) < 4.78 is 11.0. The van der Waals surface area contributed by atoms with Gasteiger partial charge in [-0.25, -0.2) is 0 Å². The third-order valence-electron chi connectivity index (χ3n) is 2.84. The van der Waals surface area contributed by atoms with Gasteiger partial charge in [0.2, 0.25) is 0 Å². The zero-order valence-corrected chi connectivity index (χ0v) is 13.2. The van der Waals surface area contributed by atoms with E-state index in [4.69, 9.17) is 9.47 Å². The highest BCUT2D eigenvalue weighted by molar-refractivity contribution is 9.10. The molecule has 0 aliphatic heterocycles. The maximum Gasteiger partial charge on any atom is 0.254 e. The number of hydrogen-bond acceptors (Lipinski definition) is 3. The quantitative estimate of drug-likeness (QED) is 0.771. The van der Waals surface area contributed by atoms with Crippen LogP contribution in [0.25, 0.3) is 0 Å². The first-order valence-corrected chi connectivity index (χ1v) is 6.92. The molecule has 4 nitrogen and oxygen atoms in total. The number of carbonyl (C=O) groups is 1. The first kappa shape index (κ1) is 16.1. The zero-order chi connectivity index (χ0) is 14.3. The molecule has 0 spiro atoms. The molecule has 19 heavy (non-hydrogen) atoms. The highest BCUT2D eigenvalue weighted by Gasteiger charge is 2.15. The summed E-state index contributed by atoms with van der Waals surface area (Å²) in [5, 5.41) is 0. The van der Waals surface area contributed by atoms with Gasteiger partial charge >= 0.3 is 0 Å². The normalized spacial score (nSPS) is 10.5. The summed E-state index contributed by atoms with van der Waals surface area (Å²) in [5.74, 6) is -0.00481. The van der Waals surface area contributed by atoms with E-state index in [1.165, 1.54) is 0 Å². The van der Waals surface area contributed by atoms with Crippen molar-refractivity contribution < 1.29 is 14.3 Å². The molecule has 0 aliphatic carbocycles. The Kier molecular flexibility index (Phi) is 7.05. The average Bonchev–Trinajstić information content (AvgIpc) is 2.41. The standard InChI is InChI=1S/C14H20BrNO3/c1-11-4-5-12(10-13(11)15)14(17)16(6-8-18-2)7-9-19-3/h4-5,10H,6-9H2,1-3H3. The molecule has 0 aliphatic rings. The Morgan fingerprint density at radius 3 is 2.26 bits per heavy atom. The highest BCUT2D eigenvalue weighted by atomic mass is 79.9. The number of aryl methyl sites for hydroxylation is 1. The van der Waals surface area contributed by atoms with Gasteiger partial charge in [0.25, 0.3) is 5.91 Å². The number of rotatable bonds is 7. The maximum absolute atomic E-state index is 12.4. The van der Waals surface area contributed by atoms with Gasteiger partial charge < -0.3 is 14.4 Å². The van der Waals surface area contributed by atoms with Crippen molar-refractivity contribution in [2.24, 2.45) is 0 Å². The summed E-state index contributed by atoms with van der Waals surface area (Å²) >= 11 is 3.45. The van der Waals surface area contributed by atoms with Gasteiger partial charge in [-0.15, -0.1) is 0 Å². The van der Waals surface area contributed by atoms with Crippen molar-refractivity contribution in [3.63, 3.8) is 0 Å². The van der Waals surface area contributed by atoms with Crippen LogP contribution in [0.5, 0.6) is 0 Å². The van der Waals surface area contributed by atoms with Gasteiger partial charge in [-0.2, -0.15) is 0 Å². The molecule has 0 fully saturated rings. The lowest BCUT2D eigenvalue weighted by molar-refractivity contribution is 0.0627. The molecule has 0 atom stereocenters. The third-order valence-corrected chi connectivity index (χ3v) is 3.69. The number of carbonyl (C=O) groups excluding carboxylic acids is 1. The molecular weight excluding hydrogens is 310 g/mol. The van der Waals surface area contributed by atoms with Crippen LogP contribution >= 0.6 is 15.9 Å². The molecule has 0 unspecified atom stereocenters. The van der Waals surface area contributed by atoms with Crippen molar-refractivity contribution in [3.8, 4) is 0 Å². The van der Waals surface area contributed by atoms with E-state index in [1.807, 2.05) is 25.1 Å². The topological polar surface area (TPSA) is 38.8 Å². The van der Waals surface area contributed by atoms with Crippen molar-refractivity contribution in [2.45, 2.75) is 6.92 Å². The second-order valence-corrected chi connectivity index (χ2v) is 5.10. The van der Waals surface area contributed by atoms with Gasteiger partial charge in [0.1, 0.15) is 0 Å². The molecule has 0 saturated carbocycles. The Morgan fingerprint density at radius 2 is 1.79 bits per heavy atom. The molecule has 1 aromatic rings. The van der Waals surface area contributed by atoms with Gasteiger partial charge in [-0.3, -0.25) is 4.79 Å². The number of nitrogens with zero attached hydrogens (tertiary/aromatic N) is 1. The lowest BCUT2D eigenvalue weighted by Crippen LogP contribution is -2.36. The minimum atomic E-state index is -0.00481. The number of ether oxygens (including phenoxy) is 2. The Hall–Kier alpha value is -0.910. The van der Waals surface area contributed by atoms with Crippen LogP contribution in [0.15, 0.2) is 22.7 Å². The summed E-state index contributed by atoms with van der Waals surface area (Å²) in [6.07, 6.45) is 0. The summed E-state index contributed by atoms with van der Waals surface area (Å²) in [7, 11) is 3.25. The molecule has 0 aromatic heterocycles. The largest absolute Gasteiger partial charge is 0.383 e. The van der Waals surface area contributed by atoms with E-state index in [-0.39, 0.29) is 5.91 Å². The number of methoxy groups -OCH3 is 2. The second kappa shape index (κ2) is 8.30. The predicted molar refractivity (Wildman–Crippen MR) is 78.5 cm³/mol. The monoisotopic (exact) mass is 329 g/mol. The van der Waals surface area contributed by atoms with Gasteiger partial charge in [0.15, 0.2) is 0 Å². The van der Waals surface area contributed by atoms with E-state index in [1.54, 1.807) is 19.1 Å². The van der Waals surface area contributed by atoms with Gasteiger partial charge in [0, 0.05) is 37.3 Å². The van der Waals surface area contributed by atoms with Gasteiger partial charge in [-0.05, 0) is 24.6 Å². The molecule has 5 heteroatoms. The van der Waals surface area contributed by atoms with Crippen LogP contribution in [0.1, 0.15) is 15.9 Å². The predicted octanol–water partition coefficient (Wildman–Crippen LogP) is 2.49. The molecule has 0 saturated heterocycles. The Balaban J connectivity index is 2.81. The van der Waals surface area contributed by atoms with E-state index in [0.717, 1.165) is 10.0 Å². The molecule has 1 aromatic carbocycles. The second-order valence-electron chi connectivity index (χ2n) is 4.24. The molecule has 0 heterocycles. The van der Waals surface area contributed by atoms with E-state index in [2.05, 4.69) is 15.9 Å². The van der Waals surface area contributed by atoms with Crippen LogP contribution in [-0.4, -0.2) is 51.3 Å². The number of hydrogen-bond donors (Lipinski definition) is 0. The smallest absolute Gasteiger partial charge is 0.254 e. The lowest BCUT2D eigenvalue weighted by atomic mass is 10.1. The summed E-state index contributed by atoms with van der Waals surface area (Å²) in [6.45, 7) is 4.14. The van der Waals surface area contributed by atoms with Crippen molar-refractivity contribution >= 4 is 21.8 Å². The van der Waals surface area contributed by atoms with Crippen LogP contribution in [0.3, 0.4) is 0 Å². The molecule has 0 bridgehead atoms. The van der Waals surface area contributed by atoms with Crippen molar-refractivity contribution in [1.29, 1.82) is 0 Å². The zero-order valence-electron chi connectivity index (χ0n) is 11.6.